The van der Waals surface area contributed by atoms with Crippen LogP contribution in [0.3, 0.4) is 0 Å². The van der Waals surface area contributed by atoms with E-state index in [4.69, 9.17) is 14.6 Å². The molecule has 0 radical (unpaired) electrons. The first-order valence-electron chi connectivity index (χ1n) is 6.71. The average molecular weight is 297 g/mol. The lowest BCUT2D eigenvalue weighted by molar-refractivity contribution is 0.0691. The third-order valence-electron chi connectivity index (χ3n) is 3.55. The standard InChI is InChI=1S/C17H15NO4/c1-21-12-6-11(7-13(9-12)22-2)14-5-3-4-10-8-15(17(19)20)18-16(10)14/h3-9,18H,1-2H3,(H,19,20). The molecule has 1 aromatic heterocycles. The minimum Gasteiger partial charge on any atom is -0.497 e. The highest BCUT2D eigenvalue weighted by Crippen LogP contribution is 2.34. The van der Waals surface area contributed by atoms with Crippen molar-refractivity contribution < 1.29 is 19.4 Å². The van der Waals surface area contributed by atoms with Gasteiger partial charge in [-0.25, -0.2) is 4.79 Å². The number of carboxylic acid groups (broad SMARTS) is 1. The average Bonchev–Trinajstić information content (AvgIpc) is 2.98. The number of hydrogen-bond acceptors (Lipinski definition) is 3. The molecule has 0 aliphatic rings. The molecule has 22 heavy (non-hydrogen) atoms. The van der Waals surface area contributed by atoms with Crippen LogP contribution in [0, 0.1) is 0 Å². The van der Waals surface area contributed by atoms with Crippen molar-refractivity contribution in [2.75, 3.05) is 14.2 Å². The molecular formula is C17H15NO4. The van der Waals surface area contributed by atoms with Gasteiger partial charge in [0.05, 0.1) is 19.7 Å². The number of benzene rings is 2. The minimum absolute atomic E-state index is 0.164. The maximum absolute atomic E-state index is 11.1. The Hall–Kier alpha value is -2.95. The normalized spacial score (nSPS) is 10.6. The van der Waals surface area contributed by atoms with E-state index >= 15 is 0 Å². The van der Waals surface area contributed by atoms with E-state index in [0.29, 0.717) is 11.5 Å². The summed E-state index contributed by atoms with van der Waals surface area (Å²) in [5.74, 6) is 0.373. The molecule has 2 N–H and O–H groups in total. The molecule has 112 valence electrons. The van der Waals surface area contributed by atoms with Crippen LogP contribution in [-0.2, 0) is 0 Å². The summed E-state index contributed by atoms with van der Waals surface area (Å²) in [6, 6.07) is 12.9. The SMILES string of the molecule is COc1cc(OC)cc(-c2cccc3cc(C(=O)O)[nH]c23)c1. The van der Waals surface area contributed by atoms with Crippen molar-refractivity contribution in [3.05, 3.63) is 48.2 Å². The first-order chi connectivity index (χ1) is 10.6. The van der Waals surface area contributed by atoms with Crippen LogP contribution in [0.15, 0.2) is 42.5 Å². The van der Waals surface area contributed by atoms with Crippen molar-refractivity contribution in [2.45, 2.75) is 0 Å². The number of aromatic amines is 1. The summed E-state index contributed by atoms with van der Waals surface area (Å²) in [6.45, 7) is 0. The highest BCUT2D eigenvalue weighted by atomic mass is 16.5. The Kier molecular flexibility index (Phi) is 3.47. The molecule has 0 unspecified atom stereocenters. The maximum atomic E-state index is 11.1. The molecule has 0 fully saturated rings. The van der Waals surface area contributed by atoms with Crippen LogP contribution in [0.25, 0.3) is 22.0 Å². The monoisotopic (exact) mass is 297 g/mol. The Morgan fingerprint density at radius 2 is 1.73 bits per heavy atom. The van der Waals surface area contributed by atoms with E-state index in [1.165, 1.54) is 0 Å². The van der Waals surface area contributed by atoms with Gasteiger partial charge in [-0.15, -0.1) is 0 Å². The zero-order chi connectivity index (χ0) is 15.7. The largest absolute Gasteiger partial charge is 0.497 e. The Bertz CT molecular complexity index is 829. The molecule has 0 bridgehead atoms. The number of carbonyl (C=O) groups is 1. The second-order valence-electron chi connectivity index (χ2n) is 4.86. The number of H-pyrrole nitrogens is 1. The van der Waals surface area contributed by atoms with Crippen LogP contribution in [0.4, 0.5) is 0 Å². The van der Waals surface area contributed by atoms with E-state index in [0.717, 1.165) is 22.0 Å². The second kappa shape index (κ2) is 5.44. The number of aromatic nitrogens is 1. The van der Waals surface area contributed by atoms with Crippen molar-refractivity contribution in [1.82, 2.24) is 4.98 Å². The molecule has 5 heteroatoms. The van der Waals surface area contributed by atoms with Gasteiger partial charge in [-0.1, -0.05) is 18.2 Å². The van der Waals surface area contributed by atoms with Crippen LogP contribution >= 0.6 is 0 Å². The number of para-hydroxylation sites is 1. The van der Waals surface area contributed by atoms with Crippen LogP contribution in [0.2, 0.25) is 0 Å². The zero-order valence-corrected chi connectivity index (χ0v) is 12.2. The van der Waals surface area contributed by atoms with Gasteiger partial charge >= 0.3 is 5.97 Å². The van der Waals surface area contributed by atoms with Gasteiger partial charge in [0, 0.05) is 17.0 Å². The molecule has 1 heterocycles. The number of hydrogen-bond donors (Lipinski definition) is 2. The van der Waals surface area contributed by atoms with Crippen molar-refractivity contribution in [1.29, 1.82) is 0 Å². The van der Waals surface area contributed by atoms with Crippen molar-refractivity contribution in [3.63, 3.8) is 0 Å². The van der Waals surface area contributed by atoms with Crippen molar-refractivity contribution in [3.8, 4) is 22.6 Å². The predicted octanol–water partition coefficient (Wildman–Crippen LogP) is 3.55. The molecule has 0 spiro atoms. The molecule has 2 aromatic carbocycles. The summed E-state index contributed by atoms with van der Waals surface area (Å²) < 4.78 is 10.6. The number of ether oxygens (including phenoxy) is 2. The number of rotatable bonds is 4. The van der Waals surface area contributed by atoms with E-state index < -0.39 is 5.97 Å². The Balaban J connectivity index is 2.23. The lowest BCUT2D eigenvalue weighted by Gasteiger charge is -2.09. The van der Waals surface area contributed by atoms with E-state index in [9.17, 15) is 4.79 Å². The molecule has 0 saturated carbocycles. The quantitative estimate of drug-likeness (QED) is 0.772. The smallest absolute Gasteiger partial charge is 0.352 e. The molecule has 3 aromatic rings. The fourth-order valence-corrected chi connectivity index (χ4v) is 2.47. The molecule has 5 nitrogen and oxygen atoms in total. The van der Waals surface area contributed by atoms with Gasteiger partial charge in [-0.2, -0.15) is 0 Å². The van der Waals surface area contributed by atoms with Crippen LogP contribution < -0.4 is 9.47 Å². The molecule has 0 atom stereocenters. The van der Waals surface area contributed by atoms with Crippen LogP contribution in [-0.4, -0.2) is 30.3 Å². The summed E-state index contributed by atoms with van der Waals surface area (Å²) in [5.41, 5.74) is 2.72. The van der Waals surface area contributed by atoms with E-state index in [1.807, 2.05) is 30.3 Å². The van der Waals surface area contributed by atoms with E-state index in [1.54, 1.807) is 26.4 Å². The molecule has 0 aliphatic carbocycles. The summed E-state index contributed by atoms with van der Waals surface area (Å²) >= 11 is 0. The molecule has 0 amide bonds. The third kappa shape index (κ3) is 2.37. The fourth-order valence-electron chi connectivity index (χ4n) is 2.47. The lowest BCUT2D eigenvalue weighted by Crippen LogP contribution is -1.95. The zero-order valence-electron chi connectivity index (χ0n) is 12.2. The highest BCUT2D eigenvalue weighted by molar-refractivity contribution is 6.00. The van der Waals surface area contributed by atoms with Gasteiger partial charge in [0.15, 0.2) is 0 Å². The van der Waals surface area contributed by atoms with Gasteiger partial charge in [0.25, 0.3) is 0 Å². The summed E-state index contributed by atoms with van der Waals surface area (Å²) in [6.07, 6.45) is 0. The summed E-state index contributed by atoms with van der Waals surface area (Å²) in [4.78, 5) is 14.1. The van der Waals surface area contributed by atoms with Crippen molar-refractivity contribution in [2.24, 2.45) is 0 Å². The lowest BCUT2D eigenvalue weighted by atomic mass is 10.0. The van der Waals surface area contributed by atoms with Gasteiger partial charge < -0.3 is 19.6 Å². The van der Waals surface area contributed by atoms with Crippen LogP contribution in [0.5, 0.6) is 11.5 Å². The Morgan fingerprint density at radius 3 is 2.32 bits per heavy atom. The van der Waals surface area contributed by atoms with Gasteiger partial charge in [-0.05, 0) is 23.8 Å². The third-order valence-corrected chi connectivity index (χ3v) is 3.55. The first-order valence-corrected chi connectivity index (χ1v) is 6.71. The second-order valence-corrected chi connectivity index (χ2v) is 4.86. The minimum atomic E-state index is -0.981. The molecule has 3 rings (SSSR count). The van der Waals surface area contributed by atoms with Gasteiger partial charge in [0.1, 0.15) is 17.2 Å². The predicted molar refractivity (Wildman–Crippen MR) is 83.8 cm³/mol. The van der Waals surface area contributed by atoms with E-state index in [-0.39, 0.29) is 5.69 Å². The number of nitrogens with one attached hydrogen (secondary N) is 1. The fraction of sp³-hybridized carbons (Fsp3) is 0.118. The molecule has 0 aliphatic heterocycles. The van der Waals surface area contributed by atoms with Gasteiger partial charge in [0.2, 0.25) is 0 Å². The van der Waals surface area contributed by atoms with E-state index in [2.05, 4.69) is 4.98 Å². The number of methoxy groups -OCH3 is 2. The summed E-state index contributed by atoms with van der Waals surface area (Å²) in [5, 5.41) is 9.98. The Morgan fingerprint density at radius 1 is 1.05 bits per heavy atom. The number of carboxylic acids is 1. The summed E-state index contributed by atoms with van der Waals surface area (Å²) in [7, 11) is 3.19. The maximum Gasteiger partial charge on any atom is 0.352 e. The Labute approximate surface area is 127 Å². The molecular weight excluding hydrogens is 282 g/mol. The van der Waals surface area contributed by atoms with Crippen LogP contribution in [0.1, 0.15) is 10.5 Å². The first kappa shape index (κ1) is 14.0. The van der Waals surface area contributed by atoms with Gasteiger partial charge in [-0.3, -0.25) is 0 Å². The highest BCUT2D eigenvalue weighted by Gasteiger charge is 2.12. The number of fused-ring (bicyclic) bond motifs is 1. The molecule has 0 saturated heterocycles. The van der Waals surface area contributed by atoms with Crippen molar-refractivity contribution >= 4 is 16.9 Å². The topological polar surface area (TPSA) is 71.6 Å². The number of aromatic carboxylic acids is 1.